The Morgan fingerprint density at radius 2 is 2.07 bits per heavy atom. The molecule has 2 aromatic rings. The number of halogens is 1. The van der Waals surface area contributed by atoms with Crippen molar-refractivity contribution in [1.82, 2.24) is 9.47 Å². The van der Waals surface area contributed by atoms with Gasteiger partial charge in [0.1, 0.15) is 6.61 Å². The fraction of sp³-hybridized carbons (Fsp3) is 0.300. The van der Waals surface area contributed by atoms with Gasteiger partial charge in [-0.3, -0.25) is 9.59 Å². The van der Waals surface area contributed by atoms with E-state index in [4.69, 9.17) is 4.74 Å². The van der Waals surface area contributed by atoms with Gasteiger partial charge in [0.05, 0.1) is 11.3 Å². The van der Waals surface area contributed by atoms with Gasteiger partial charge < -0.3 is 14.2 Å². The van der Waals surface area contributed by atoms with E-state index < -0.39 is 0 Å². The Balaban J connectivity index is 2.35. The van der Waals surface area contributed by atoms with Crippen molar-refractivity contribution in [2.75, 3.05) is 13.1 Å². The minimum absolute atomic E-state index is 0.208. The summed E-state index contributed by atoms with van der Waals surface area (Å²) >= 11 is 2.07. The highest BCUT2D eigenvalue weighted by atomic mass is 127. The van der Waals surface area contributed by atoms with Crippen molar-refractivity contribution in [2.45, 2.75) is 27.0 Å². The van der Waals surface area contributed by atoms with Gasteiger partial charge >= 0.3 is 0 Å². The molecule has 142 valence electrons. The molecule has 0 fully saturated rings. The van der Waals surface area contributed by atoms with Crippen molar-refractivity contribution < 1.29 is 9.53 Å². The van der Waals surface area contributed by atoms with Crippen molar-refractivity contribution in [3.05, 3.63) is 63.6 Å². The Kier molecular flexibility index (Phi) is 8.75. The van der Waals surface area contributed by atoms with Gasteiger partial charge in [-0.15, -0.1) is 0 Å². The smallest absolute Gasteiger partial charge is 0.239 e. The second-order valence-corrected chi connectivity index (χ2v) is 7.47. The van der Waals surface area contributed by atoms with Crippen LogP contribution in [0.2, 0.25) is 0 Å². The minimum Gasteiger partial charge on any atom is -0.483 e. The first kappa shape index (κ1) is 21.4. The average Bonchev–Trinajstić information content (AvgIpc) is 2.70. The molecule has 1 amide bonds. The Morgan fingerprint density at radius 3 is 2.70 bits per heavy atom. The molecular weight excluding hydrogens is 475 g/mol. The molecule has 0 saturated carbocycles. The van der Waals surface area contributed by atoms with Crippen LogP contribution in [0.4, 0.5) is 0 Å². The van der Waals surface area contributed by atoms with Crippen LogP contribution in [0, 0.1) is 18.1 Å². The van der Waals surface area contributed by atoms with Gasteiger partial charge in [0, 0.05) is 47.0 Å². The van der Waals surface area contributed by atoms with E-state index in [0.29, 0.717) is 37.6 Å². The molecule has 1 heterocycles. The number of aromatic nitrogens is 1. The van der Waals surface area contributed by atoms with Crippen LogP contribution in [0.25, 0.3) is 0 Å². The van der Waals surface area contributed by atoms with Gasteiger partial charge in [0.25, 0.3) is 0 Å². The van der Waals surface area contributed by atoms with E-state index in [2.05, 4.69) is 32.4 Å². The standard InChI is InChI=1S/C20H21IN2O3S/c1-3-22(15-24)10-11-23-13-18(9-12-27-21)19(25)20(16(23)2)26-14-17-7-5-4-6-8-17/h4-8,13,15H,3,10-11,14H2,1-2H3. The van der Waals surface area contributed by atoms with E-state index in [0.717, 1.165) is 17.7 Å². The highest BCUT2D eigenvalue weighted by Crippen LogP contribution is 2.16. The zero-order valence-corrected chi connectivity index (χ0v) is 18.2. The maximum Gasteiger partial charge on any atom is 0.239 e. The van der Waals surface area contributed by atoms with Gasteiger partial charge in [0.15, 0.2) is 5.75 Å². The molecule has 2 rings (SSSR count). The predicted molar refractivity (Wildman–Crippen MR) is 118 cm³/mol. The van der Waals surface area contributed by atoms with E-state index >= 15 is 0 Å². The number of hydrogen-bond donors (Lipinski definition) is 0. The number of carbonyl (C=O) groups excluding carboxylic acids is 1. The number of hydrogen-bond acceptors (Lipinski definition) is 4. The molecule has 1 aromatic heterocycles. The molecule has 0 aliphatic rings. The monoisotopic (exact) mass is 496 g/mol. The van der Waals surface area contributed by atoms with Crippen molar-refractivity contribution in [2.24, 2.45) is 0 Å². The van der Waals surface area contributed by atoms with Crippen molar-refractivity contribution in [1.29, 1.82) is 0 Å². The van der Waals surface area contributed by atoms with Gasteiger partial charge in [0.2, 0.25) is 11.8 Å². The third-order valence-electron chi connectivity index (χ3n) is 4.13. The summed E-state index contributed by atoms with van der Waals surface area (Å²) in [6, 6.07) is 9.71. The zero-order chi connectivity index (χ0) is 19.6. The molecule has 0 bridgehead atoms. The molecule has 0 unspecified atom stereocenters. The maximum absolute atomic E-state index is 12.8. The molecule has 0 radical (unpaired) electrons. The van der Waals surface area contributed by atoms with Gasteiger partial charge in [-0.25, -0.2) is 0 Å². The van der Waals surface area contributed by atoms with E-state index in [1.807, 2.05) is 48.7 Å². The van der Waals surface area contributed by atoms with Crippen LogP contribution >= 0.6 is 30.1 Å². The summed E-state index contributed by atoms with van der Waals surface area (Å²) in [5.74, 6) is 3.20. The molecule has 0 saturated heterocycles. The summed E-state index contributed by atoms with van der Waals surface area (Å²) in [4.78, 5) is 25.5. The minimum atomic E-state index is -0.208. The molecule has 5 nitrogen and oxygen atoms in total. The molecule has 0 N–H and O–H groups in total. The first-order valence-electron chi connectivity index (χ1n) is 8.49. The molecule has 0 atom stereocenters. The summed E-state index contributed by atoms with van der Waals surface area (Å²) in [7, 11) is 1.32. The average molecular weight is 496 g/mol. The van der Waals surface area contributed by atoms with Gasteiger partial charge in [-0.2, -0.15) is 0 Å². The summed E-state index contributed by atoms with van der Waals surface area (Å²) in [5.41, 5.74) is 1.90. The molecular formula is C20H21IN2O3S. The van der Waals surface area contributed by atoms with Gasteiger partial charge in [-0.1, -0.05) is 30.3 Å². The summed E-state index contributed by atoms with van der Waals surface area (Å²) < 4.78 is 7.81. The van der Waals surface area contributed by atoms with Crippen LogP contribution in [0.3, 0.4) is 0 Å². The first-order valence-corrected chi connectivity index (χ1v) is 11.8. The first-order chi connectivity index (χ1) is 13.1. The lowest BCUT2D eigenvalue weighted by Crippen LogP contribution is -2.27. The number of pyridine rings is 1. The Hall–Kier alpha value is -1.92. The normalized spacial score (nSPS) is 10.0. The third kappa shape index (κ3) is 6.04. The number of ether oxygens (including phenoxy) is 1. The number of nitrogens with zero attached hydrogens (tertiary/aromatic N) is 2. The Labute approximate surface area is 175 Å². The number of benzene rings is 1. The number of rotatable bonds is 8. The molecule has 0 aliphatic carbocycles. The predicted octanol–water partition coefficient (Wildman–Crippen LogP) is 3.61. The largest absolute Gasteiger partial charge is 0.483 e. The van der Waals surface area contributed by atoms with Crippen LogP contribution in [0.5, 0.6) is 5.75 Å². The number of amides is 1. The van der Waals surface area contributed by atoms with Crippen LogP contribution in [0.1, 0.15) is 23.7 Å². The summed E-state index contributed by atoms with van der Waals surface area (Å²) in [6.07, 6.45) is 2.57. The quantitative estimate of drug-likeness (QED) is 0.319. The molecule has 0 spiro atoms. The van der Waals surface area contributed by atoms with E-state index in [-0.39, 0.29) is 5.43 Å². The SMILES string of the molecule is CCN(C=O)CCn1cc(C#CSI)c(=O)c(OCc2ccccc2)c1C. The Morgan fingerprint density at radius 1 is 1.33 bits per heavy atom. The second-order valence-electron chi connectivity index (χ2n) is 5.79. The van der Waals surface area contributed by atoms with Gasteiger partial charge in [-0.05, 0) is 39.5 Å². The summed E-state index contributed by atoms with van der Waals surface area (Å²) in [6.45, 7) is 5.84. The van der Waals surface area contributed by atoms with Crippen molar-refractivity contribution >= 4 is 36.5 Å². The lowest BCUT2D eigenvalue weighted by molar-refractivity contribution is -0.118. The second kappa shape index (κ2) is 11.0. The van der Waals surface area contributed by atoms with Crippen LogP contribution in [-0.2, 0) is 17.9 Å². The van der Waals surface area contributed by atoms with Crippen molar-refractivity contribution in [3.8, 4) is 16.9 Å². The van der Waals surface area contributed by atoms with Crippen LogP contribution in [0.15, 0.2) is 41.3 Å². The topological polar surface area (TPSA) is 51.5 Å². The zero-order valence-electron chi connectivity index (χ0n) is 15.3. The molecule has 7 heteroatoms. The lowest BCUT2D eigenvalue weighted by atomic mass is 10.2. The lowest BCUT2D eigenvalue weighted by Gasteiger charge is -2.19. The molecule has 27 heavy (non-hydrogen) atoms. The number of likely N-dealkylation sites (N-methyl/N-ethyl adjacent to an activating group) is 1. The Bertz CT molecular complexity index is 888. The molecule has 0 aliphatic heterocycles. The van der Waals surface area contributed by atoms with Crippen molar-refractivity contribution in [3.63, 3.8) is 0 Å². The number of carbonyl (C=O) groups is 1. The van der Waals surface area contributed by atoms with E-state index in [9.17, 15) is 9.59 Å². The van der Waals surface area contributed by atoms with E-state index in [1.165, 1.54) is 8.93 Å². The molecule has 1 aromatic carbocycles. The maximum atomic E-state index is 12.8. The fourth-order valence-electron chi connectivity index (χ4n) is 2.55. The van der Waals surface area contributed by atoms with Crippen LogP contribution in [-0.4, -0.2) is 29.0 Å². The highest BCUT2D eigenvalue weighted by molar-refractivity contribution is 14.2. The third-order valence-corrected chi connectivity index (χ3v) is 4.97. The van der Waals surface area contributed by atoms with Crippen LogP contribution < -0.4 is 10.2 Å². The van der Waals surface area contributed by atoms with E-state index in [1.54, 1.807) is 11.1 Å². The highest BCUT2D eigenvalue weighted by Gasteiger charge is 2.14. The fourth-order valence-corrected chi connectivity index (χ4v) is 3.02. The summed E-state index contributed by atoms with van der Waals surface area (Å²) in [5, 5.41) is 2.86.